The van der Waals surface area contributed by atoms with Gasteiger partial charge >= 0.3 is 5.97 Å². The van der Waals surface area contributed by atoms with Crippen LogP contribution in [0.4, 0.5) is 0 Å². The zero-order valence-corrected chi connectivity index (χ0v) is 15.9. The monoisotopic (exact) mass is 382 g/mol. The van der Waals surface area contributed by atoms with Crippen LogP contribution < -0.4 is 10.9 Å². The molecule has 2 heterocycles. The summed E-state index contributed by atoms with van der Waals surface area (Å²) >= 11 is 0. The van der Waals surface area contributed by atoms with Gasteiger partial charge in [0.05, 0.1) is 17.3 Å². The van der Waals surface area contributed by atoms with Gasteiger partial charge in [0.1, 0.15) is 0 Å². The van der Waals surface area contributed by atoms with E-state index in [1.165, 1.54) is 23.7 Å². The van der Waals surface area contributed by atoms with E-state index in [9.17, 15) is 14.4 Å². The molecule has 3 rings (SSSR count). The molecule has 0 aliphatic carbocycles. The van der Waals surface area contributed by atoms with Crippen LogP contribution in [0.3, 0.4) is 0 Å². The summed E-state index contributed by atoms with van der Waals surface area (Å²) in [6, 6.07) is 10.6. The molecule has 0 unspecified atom stereocenters. The summed E-state index contributed by atoms with van der Waals surface area (Å²) in [7, 11) is 0. The molecule has 0 spiro atoms. The Hall–Kier alpha value is -3.42. The zero-order valence-electron chi connectivity index (χ0n) is 15.9. The predicted octanol–water partition coefficient (Wildman–Crippen LogP) is 2.01. The number of aromatic amines is 1. The number of ether oxygens (including phenoxy) is 1. The molecule has 0 aliphatic rings. The van der Waals surface area contributed by atoms with Gasteiger partial charge in [-0.2, -0.15) is 0 Å². The molecule has 3 aromatic rings. The van der Waals surface area contributed by atoms with Crippen LogP contribution in [0.15, 0.2) is 47.4 Å². The molecule has 2 N–H and O–H groups in total. The van der Waals surface area contributed by atoms with E-state index in [-0.39, 0.29) is 17.2 Å². The van der Waals surface area contributed by atoms with Crippen molar-refractivity contribution in [3.8, 4) is 0 Å². The van der Waals surface area contributed by atoms with Crippen molar-refractivity contribution in [3.05, 3.63) is 69.8 Å². The maximum atomic E-state index is 12.6. The Morgan fingerprint density at radius 1 is 1.25 bits per heavy atom. The number of aromatic nitrogens is 3. The number of nitrogens with zero attached hydrogens (tertiary/aromatic N) is 2. The molecule has 0 radical (unpaired) electrons. The molecule has 1 aromatic carbocycles. The number of H-pyrrole nitrogens is 1. The van der Waals surface area contributed by atoms with E-state index in [2.05, 4.69) is 15.4 Å². The van der Waals surface area contributed by atoms with Crippen molar-refractivity contribution in [2.75, 3.05) is 0 Å². The van der Waals surface area contributed by atoms with Crippen LogP contribution in [0, 0.1) is 0 Å². The minimum absolute atomic E-state index is 0.206. The highest BCUT2D eigenvalue weighted by atomic mass is 16.5. The second-order valence-electron chi connectivity index (χ2n) is 6.47. The topological polar surface area (TPSA) is 106 Å². The van der Waals surface area contributed by atoms with Crippen molar-refractivity contribution in [1.29, 1.82) is 0 Å². The molecule has 2 aromatic heterocycles. The summed E-state index contributed by atoms with van der Waals surface area (Å²) in [5.74, 6) is -1.07. The number of carbonyl (C=O) groups excluding carboxylic acids is 2. The first-order valence-electron chi connectivity index (χ1n) is 9.06. The van der Waals surface area contributed by atoms with Crippen molar-refractivity contribution >= 4 is 17.5 Å². The number of hydrogen-bond donors (Lipinski definition) is 2. The summed E-state index contributed by atoms with van der Waals surface area (Å²) in [4.78, 5) is 40.6. The van der Waals surface area contributed by atoms with Gasteiger partial charge in [-0.05, 0) is 25.8 Å². The lowest BCUT2D eigenvalue weighted by Gasteiger charge is -2.19. The Balaban J connectivity index is 1.72. The van der Waals surface area contributed by atoms with Crippen molar-refractivity contribution < 1.29 is 14.3 Å². The molecule has 0 bridgehead atoms. The maximum absolute atomic E-state index is 12.6. The number of hydrogen-bond acceptors (Lipinski definition) is 5. The van der Waals surface area contributed by atoms with E-state index in [1.54, 1.807) is 0 Å². The van der Waals surface area contributed by atoms with Crippen LogP contribution in [0.25, 0.3) is 5.65 Å². The summed E-state index contributed by atoms with van der Waals surface area (Å²) in [6.07, 6.45) is 0.850. The number of esters is 1. The fourth-order valence-electron chi connectivity index (χ4n) is 2.96. The van der Waals surface area contributed by atoms with E-state index >= 15 is 0 Å². The molecule has 146 valence electrons. The normalized spacial score (nSPS) is 13.1. The Kier molecular flexibility index (Phi) is 5.58. The number of rotatable bonds is 6. The first-order chi connectivity index (χ1) is 13.4. The van der Waals surface area contributed by atoms with Crippen molar-refractivity contribution in [2.24, 2.45) is 0 Å². The van der Waals surface area contributed by atoms with Gasteiger partial charge < -0.3 is 10.1 Å². The van der Waals surface area contributed by atoms with Crippen LogP contribution in [-0.4, -0.2) is 32.6 Å². The van der Waals surface area contributed by atoms with E-state index in [0.717, 1.165) is 5.56 Å². The summed E-state index contributed by atoms with van der Waals surface area (Å²) in [5, 5.41) is 5.43. The summed E-state index contributed by atoms with van der Waals surface area (Å²) in [5.41, 5.74) is 1.82. The first kappa shape index (κ1) is 19.3. The molecule has 28 heavy (non-hydrogen) atoms. The van der Waals surface area contributed by atoms with Crippen molar-refractivity contribution in [2.45, 2.75) is 39.3 Å². The van der Waals surface area contributed by atoms with Gasteiger partial charge in [-0.1, -0.05) is 37.3 Å². The second kappa shape index (κ2) is 8.08. The summed E-state index contributed by atoms with van der Waals surface area (Å²) in [6.45, 7) is 5.22. The third-order valence-corrected chi connectivity index (χ3v) is 4.48. The highest BCUT2D eigenvalue weighted by Crippen LogP contribution is 2.14. The SMILES string of the molecule is CCc1c(C(=O)O[C@H](C)C(=O)N[C@@H](C)c2ccccc2)cnc2cc(=O)[nH]n12. The molecule has 8 nitrogen and oxygen atoms in total. The zero-order chi connectivity index (χ0) is 20.3. The van der Waals surface area contributed by atoms with Gasteiger partial charge in [0.15, 0.2) is 11.8 Å². The minimum Gasteiger partial charge on any atom is -0.449 e. The van der Waals surface area contributed by atoms with E-state index in [4.69, 9.17) is 4.74 Å². The third-order valence-electron chi connectivity index (χ3n) is 4.48. The molecule has 2 atom stereocenters. The molecule has 8 heteroatoms. The van der Waals surface area contributed by atoms with Crippen LogP contribution in [0.2, 0.25) is 0 Å². The largest absolute Gasteiger partial charge is 0.449 e. The van der Waals surface area contributed by atoms with Crippen LogP contribution >= 0.6 is 0 Å². The molecule has 1 amide bonds. The lowest BCUT2D eigenvalue weighted by molar-refractivity contribution is -0.129. The standard InChI is InChI=1S/C20H22N4O4/c1-4-16-15(11-21-17-10-18(25)23-24(16)17)20(27)28-13(3)19(26)22-12(2)14-8-6-5-7-9-14/h5-13H,4H2,1-3H3,(H,22,26)(H,23,25)/t12-,13+/m0/s1. The Morgan fingerprint density at radius 2 is 1.96 bits per heavy atom. The Labute approximate surface area is 161 Å². The van der Waals surface area contributed by atoms with Gasteiger partial charge in [-0.25, -0.2) is 14.3 Å². The van der Waals surface area contributed by atoms with Gasteiger partial charge in [0.2, 0.25) is 0 Å². The fraction of sp³-hybridized carbons (Fsp3) is 0.300. The Morgan fingerprint density at radius 3 is 2.64 bits per heavy atom. The number of fused-ring (bicyclic) bond motifs is 1. The van der Waals surface area contributed by atoms with Crippen LogP contribution in [-0.2, 0) is 16.0 Å². The van der Waals surface area contributed by atoms with Gasteiger partial charge in [0, 0.05) is 12.3 Å². The first-order valence-corrected chi connectivity index (χ1v) is 9.06. The van der Waals surface area contributed by atoms with Crippen molar-refractivity contribution in [1.82, 2.24) is 19.9 Å². The number of nitrogens with one attached hydrogen (secondary N) is 2. The minimum atomic E-state index is -0.984. The van der Waals surface area contributed by atoms with Crippen molar-refractivity contribution in [3.63, 3.8) is 0 Å². The smallest absolute Gasteiger partial charge is 0.342 e. The van der Waals surface area contributed by atoms with Gasteiger partial charge in [0.25, 0.3) is 11.5 Å². The number of amides is 1. The van der Waals surface area contributed by atoms with Gasteiger partial charge in [-0.15, -0.1) is 0 Å². The van der Waals surface area contributed by atoms with E-state index in [1.807, 2.05) is 44.2 Å². The molecular weight excluding hydrogens is 360 g/mol. The lowest BCUT2D eigenvalue weighted by atomic mass is 10.1. The average Bonchev–Trinajstić information content (AvgIpc) is 3.07. The summed E-state index contributed by atoms with van der Waals surface area (Å²) < 4.78 is 6.80. The third kappa shape index (κ3) is 3.95. The molecule has 0 fully saturated rings. The number of aryl methyl sites for hydroxylation is 1. The van der Waals surface area contributed by atoms with E-state index in [0.29, 0.717) is 17.8 Å². The predicted molar refractivity (Wildman–Crippen MR) is 103 cm³/mol. The molecular formula is C20H22N4O4. The lowest BCUT2D eigenvalue weighted by Crippen LogP contribution is -2.37. The van der Waals surface area contributed by atoms with E-state index < -0.39 is 18.0 Å². The highest BCUT2D eigenvalue weighted by Gasteiger charge is 2.23. The molecule has 0 saturated heterocycles. The van der Waals surface area contributed by atoms with Crippen LogP contribution in [0.5, 0.6) is 0 Å². The second-order valence-corrected chi connectivity index (χ2v) is 6.47. The highest BCUT2D eigenvalue weighted by molar-refractivity contribution is 5.93. The Bertz CT molecular complexity index is 1060. The number of benzene rings is 1. The van der Waals surface area contributed by atoms with Gasteiger partial charge in [-0.3, -0.25) is 14.7 Å². The molecule has 0 aliphatic heterocycles. The average molecular weight is 382 g/mol. The fourth-order valence-corrected chi connectivity index (χ4v) is 2.96. The quantitative estimate of drug-likeness (QED) is 0.635. The number of carbonyl (C=O) groups is 2. The molecule has 0 saturated carbocycles. The maximum Gasteiger partial charge on any atom is 0.342 e. The van der Waals surface area contributed by atoms with Crippen LogP contribution in [0.1, 0.15) is 48.4 Å².